The Bertz CT molecular complexity index is 683. The number of carbonyl (C=O) groups excluding carboxylic acids is 2. The van der Waals surface area contributed by atoms with Crippen LogP contribution >= 0.6 is 0 Å². The Hall–Kier alpha value is -1.84. The van der Waals surface area contributed by atoms with Crippen molar-refractivity contribution in [1.82, 2.24) is 5.32 Å². The molecule has 0 bridgehead atoms. The van der Waals surface area contributed by atoms with Gasteiger partial charge in [-0.3, -0.25) is 9.59 Å². The molecule has 154 valence electrons. The summed E-state index contributed by atoms with van der Waals surface area (Å²) in [6.45, 7) is 3.83. The molecule has 1 amide bonds. The highest BCUT2D eigenvalue weighted by molar-refractivity contribution is 6.03. The lowest BCUT2D eigenvalue weighted by Crippen LogP contribution is -2.37. The van der Waals surface area contributed by atoms with Gasteiger partial charge in [-0.05, 0) is 44.9 Å². The second-order valence-corrected chi connectivity index (χ2v) is 9.10. The Kier molecular flexibility index (Phi) is 7.14. The van der Waals surface area contributed by atoms with Crippen molar-refractivity contribution in [1.29, 1.82) is 0 Å². The first-order valence-corrected chi connectivity index (χ1v) is 11.1. The zero-order chi connectivity index (χ0) is 20.0. The molecule has 1 N–H and O–H groups in total. The van der Waals surface area contributed by atoms with E-state index in [4.69, 9.17) is 4.74 Å². The Balaban J connectivity index is 1.64. The second-order valence-electron chi connectivity index (χ2n) is 9.10. The second kappa shape index (κ2) is 9.58. The van der Waals surface area contributed by atoms with Crippen molar-refractivity contribution in [2.75, 3.05) is 0 Å². The number of hydrogen-bond donors (Lipinski definition) is 1. The summed E-state index contributed by atoms with van der Waals surface area (Å²) in [6, 6.07) is 5.48. The molecule has 4 nitrogen and oxygen atoms in total. The van der Waals surface area contributed by atoms with Crippen LogP contribution in [0.3, 0.4) is 0 Å². The van der Waals surface area contributed by atoms with Gasteiger partial charge in [-0.25, -0.2) is 0 Å². The molecule has 0 unspecified atom stereocenters. The third-order valence-corrected chi connectivity index (χ3v) is 5.96. The molecule has 0 aromatic heterocycles. The number of nitrogens with one attached hydrogen (secondary N) is 1. The highest BCUT2D eigenvalue weighted by Crippen LogP contribution is 2.33. The number of fused-ring (bicyclic) bond motifs is 1. The molecule has 3 rings (SSSR count). The summed E-state index contributed by atoms with van der Waals surface area (Å²) >= 11 is 0. The molecule has 2 aliphatic rings. The molecule has 1 aromatic rings. The normalized spacial score (nSPS) is 21.6. The van der Waals surface area contributed by atoms with E-state index in [1.165, 1.54) is 57.8 Å². The number of rotatable bonds is 2. The maximum atomic E-state index is 12.8. The van der Waals surface area contributed by atoms with E-state index in [2.05, 4.69) is 5.32 Å². The molecular weight excluding hydrogens is 350 g/mol. The van der Waals surface area contributed by atoms with Crippen LogP contribution < -0.4 is 10.1 Å². The topological polar surface area (TPSA) is 55.4 Å². The number of hydrogen-bond acceptors (Lipinski definition) is 3. The molecule has 4 heteroatoms. The molecule has 1 saturated carbocycles. The number of Topliss-reactive ketones (excluding diaryl/α,β-unsaturated/α-hetero) is 1. The van der Waals surface area contributed by atoms with Crippen molar-refractivity contribution >= 4 is 11.7 Å². The van der Waals surface area contributed by atoms with Crippen molar-refractivity contribution in [2.24, 2.45) is 0 Å². The fourth-order valence-electron chi connectivity index (χ4n) is 4.37. The van der Waals surface area contributed by atoms with Gasteiger partial charge in [0, 0.05) is 11.6 Å². The van der Waals surface area contributed by atoms with Crippen LogP contribution in [-0.4, -0.2) is 23.3 Å². The monoisotopic (exact) mass is 385 g/mol. The van der Waals surface area contributed by atoms with Gasteiger partial charge in [-0.15, -0.1) is 0 Å². The van der Waals surface area contributed by atoms with Crippen LogP contribution in [0.5, 0.6) is 5.75 Å². The summed E-state index contributed by atoms with van der Waals surface area (Å²) in [6.07, 6.45) is 14.0. The molecule has 0 spiro atoms. The van der Waals surface area contributed by atoms with Crippen LogP contribution in [0.1, 0.15) is 112 Å². The summed E-state index contributed by atoms with van der Waals surface area (Å²) in [7, 11) is 0. The van der Waals surface area contributed by atoms with E-state index in [9.17, 15) is 9.59 Å². The van der Waals surface area contributed by atoms with E-state index in [0.717, 1.165) is 12.8 Å². The summed E-state index contributed by atoms with van der Waals surface area (Å²) in [5.41, 5.74) is 0.605. The number of amides is 1. The van der Waals surface area contributed by atoms with Gasteiger partial charge in [0.25, 0.3) is 5.91 Å². The fraction of sp³-hybridized carbons (Fsp3) is 0.667. The summed E-state index contributed by atoms with van der Waals surface area (Å²) in [4.78, 5) is 25.3. The van der Waals surface area contributed by atoms with E-state index in [1.54, 1.807) is 18.2 Å². The van der Waals surface area contributed by atoms with Crippen molar-refractivity contribution < 1.29 is 14.3 Å². The SMILES string of the molecule is CC1(C)CC(=O)c2cc(C(=O)NC3CCCCCCCCCCC3)ccc2O1. The summed E-state index contributed by atoms with van der Waals surface area (Å²) < 4.78 is 5.90. The van der Waals surface area contributed by atoms with Gasteiger partial charge in [0.05, 0.1) is 12.0 Å². The quantitative estimate of drug-likeness (QED) is 0.696. The molecule has 1 heterocycles. The largest absolute Gasteiger partial charge is 0.487 e. The number of ketones is 1. The van der Waals surface area contributed by atoms with Gasteiger partial charge >= 0.3 is 0 Å². The Morgan fingerprint density at radius 1 is 0.964 bits per heavy atom. The zero-order valence-electron chi connectivity index (χ0n) is 17.5. The predicted molar refractivity (Wildman–Crippen MR) is 112 cm³/mol. The van der Waals surface area contributed by atoms with Gasteiger partial charge in [-0.1, -0.05) is 57.8 Å². The number of ether oxygens (including phenoxy) is 1. The minimum absolute atomic E-state index is 0.0481. The Labute approximate surface area is 169 Å². The minimum Gasteiger partial charge on any atom is -0.487 e. The lowest BCUT2D eigenvalue weighted by atomic mass is 9.92. The predicted octanol–water partition coefficient (Wildman–Crippen LogP) is 5.83. The highest BCUT2D eigenvalue weighted by Gasteiger charge is 2.33. The van der Waals surface area contributed by atoms with E-state index >= 15 is 0 Å². The third kappa shape index (κ3) is 5.83. The fourth-order valence-corrected chi connectivity index (χ4v) is 4.37. The molecule has 0 radical (unpaired) electrons. The Morgan fingerprint density at radius 2 is 1.54 bits per heavy atom. The van der Waals surface area contributed by atoms with E-state index in [-0.39, 0.29) is 17.7 Å². The van der Waals surface area contributed by atoms with E-state index in [1.807, 2.05) is 13.8 Å². The zero-order valence-corrected chi connectivity index (χ0v) is 17.5. The van der Waals surface area contributed by atoms with Gasteiger partial charge in [0.1, 0.15) is 11.4 Å². The highest BCUT2D eigenvalue weighted by atomic mass is 16.5. The molecule has 1 fully saturated rings. The third-order valence-electron chi connectivity index (χ3n) is 5.96. The standard InChI is InChI=1S/C24H35NO3/c1-24(2)17-21(26)20-16-18(14-15-22(20)28-24)23(27)25-19-12-10-8-6-4-3-5-7-9-11-13-19/h14-16,19H,3-13,17H2,1-2H3,(H,25,27). The molecule has 0 saturated heterocycles. The first-order valence-electron chi connectivity index (χ1n) is 11.1. The first-order chi connectivity index (χ1) is 13.4. The van der Waals surface area contributed by atoms with Crippen LogP contribution in [-0.2, 0) is 0 Å². The average Bonchev–Trinajstić information content (AvgIpc) is 2.62. The van der Waals surface area contributed by atoms with Gasteiger partial charge < -0.3 is 10.1 Å². The van der Waals surface area contributed by atoms with Crippen LogP contribution in [0, 0.1) is 0 Å². The smallest absolute Gasteiger partial charge is 0.251 e. The molecule has 1 aromatic carbocycles. The van der Waals surface area contributed by atoms with Crippen LogP contribution in [0.15, 0.2) is 18.2 Å². The van der Waals surface area contributed by atoms with Crippen molar-refractivity contribution in [3.05, 3.63) is 29.3 Å². The maximum Gasteiger partial charge on any atom is 0.251 e. The van der Waals surface area contributed by atoms with E-state index < -0.39 is 5.60 Å². The van der Waals surface area contributed by atoms with Crippen LogP contribution in [0.2, 0.25) is 0 Å². The number of benzene rings is 1. The Morgan fingerprint density at radius 3 is 2.14 bits per heavy atom. The lowest BCUT2D eigenvalue weighted by molar-refractivity contribution is 0.0620. The van der Waals surface area contributed by atoms with Gasteiger partial charge in [-0.2, -0.15) is 0 Å². The van der Waals surface area contributed by atoms with E-state index in [0.29, 0.717) is 23.3 Å². The first kappa shape index (κ1) is 20.9. The van der Waals surface area contributed by atoms with Crippen molar-refractivity contribution in [2.45, 2.75) is 103 Å². The average molecular weight is 386 g/mol. The lowest BCUT2D eigenvalue weighted by Gasteiger charge is -2.31. The van der Waals surface area contributed by atoms with Gasteiger partial charge in [0.15, 0.2) is 5.78 Å². The van der Waals surface area contributed by atoms with Crippen LogP contribution in [0.4, 0.5) is 0 Å². The number of carbonyl (C=O) groups is 2. The molecular formula is C24H35NO3. The van der Waals surface area contributed by atoms with Gasteiger partial charge in [0.2, 0.25) is 0 Å². The van der Waals surface area contributed by atoms with Crippen LogP contribution in [0.25, 0.3) is 0 Å². The molecule has 0 atom stereocenters. The summed E-state index contributed by atoms with van der Waals surface area (Å²) in [5.74, 6) is 0.563. The minimum atomic E-state index is -0.485. The molecule has 28 heavy (non-hydrogen) atoms. The van der Waals surface area contributed by atoms with Crippen molar-refractivity contribution in [3.63, 3.8) is 0 Å². The van der Waals surface area contributed by atoms with Crippen molar-refractivity contribution in [3.8, 4) is 5.75 Å². The molecule has 1 aliphatic heterocycles. The summed E-state index contributed by atoms with van der Waals surface area (Å²) in [5, 5.41) is 3.23. The molecule has 1 aliphatic carbocycles. The maximum absolute atomic E-state index is 12.8.